The van der Waals surface area contributed by atoms with Gasteiger partial charge in [0.15, 0.2) is 0 Å². The Kier molecular flexibility index (Phi) is 5.50. The summed E-state index contributed by atoms with van der Waals surface area (Å²) in [5.74, 6) is 0.588. The highest BCUT2D eigenvalue weighted by Crippen LogP contribution is 2.19. The second kappa shape index (κ2) is 7.36. The zero-order chi connectivity index (χ0) is 16.0. The molecule has 0 heterocycles. The lowest BCUT2D eigenvalue weighted by Crippen LogP contribution is -2.23. The van der Waals surface area contributed by atoms with Crippen molar-refractivity contribution in [3.63, 3.8) is 0 Å². The second-order valence-electron chi connectivity index (χ2n) is 5.96. The van der Waals surface area contributed by atoms with Gasteiger partial charge >= 0.3 is 5.97 Å². The third kappa shape index (κ3) is 5.45. The average molecular weight is 315 g/mol. The number of hydrogen-bond donors (Lipinski definition) is 1. The molecule has 0 aliphatic rings. The van der Waals surface area contributed by atoms with Crippen molar-refractivity contribution in [2.24, 2.45) is 0 Å². The molecule has 0 radical (unpaired) electrons. The van der Waals surface area contributed by atoms with Crippen molar-refractivity contribution < 1.29 is 9.53 Å². The molecular weight excluding hydrogens is 294 g/mol. The van der Waals surface area contributed by atoms with Crippen molar-refractivity contribution in [2.75, 3.05) is 4.72 Å². The van der Waals surface area contributed by atoms with E-state index in [-0.39, 0.29) is 5.97 Å². The fourth-order valence-corrected chi connectivity index (χ4v) is 2.52. The molecule has 2 aromatic carbocycles. The molecule has 4 heteroatoms. The van der Waals surface area contributed by atoms with Crippen LogP contribution in [0.4, 0.5) is 5.69 Å². The van der Waals surface area contributed by atoms with Gasteiger partial charge in [-0.15, -0.1) is 0 Å². The van der Waals surface area contributed by atoms with Crippen molar-refractivity contribution in [2.45, 2.75) is 32.1 Å². The minimum Gasteiger partial charge on any atom is -0.456 e. The van der Waals surface area contributed by atoms with Gasteiger partial charge in [-0.25, -0.2) is 4.79 Å². The van der Waals surface area contributed by atoms with Gasteiger partial charge in [-0.1, -0.05) is 30.3 Å². The van der Waals surface area contributed by atoms with Crippen LogP contribution in [0.15, 0.2) is 54.6 Å². The summed E-state index contributed by atoms with van der Waals surface area (Å²) < 4.78 is 8.61. The molecule has 0 aliphatic heterocycles. The largest absolute Gasteiger partial charge is 0.456 e. The van der Waals surface area contributed by atoms with Crippen LogP contribution in [0, 0.1) is 0 Å². The maximum Gasteiger partial charge on any atom is 0.338 e. The van der Waals surface area contributed by atoms with E-state index in [4.69, 9.17) is 4.74 Å². The van der Waals surface area contributed by atoms with Gasteiger partial charge < -0.3 is 9.46 Å². The molecular formula is C18H21NO2S. The first-order valence-corrected chi connectivity index (χ1v) is 8.18. The van der Waals surface area contributed by atoms with Crippen LogP contribution in [0.2, 0.25) is 0 Å². The molecule has 0 saturated carbocycles. The molecule has 2 aromatic rings. The highest BCUT2D eigenvalue weighted by Gasteiger charge is 2.17. The van der Waals surface area contributed by atoms with E-state index in [1.54, 1.807) is 24.1 Å². The quantitative estimate of drug-likeness (QED) is 0.629. The molecule has 116 valence electrons. The predicted octanol–water partition coefficient (Wildman–Crippen LogP) is 4.90. The fourth-order valence-electron chi connectivity index (χ4n) is 1.79. The van der Waals surface area contributed by atoms with Gasteiger partial charge in [0.05, 0.1) is 5.56 Å². The van der Waals surface area contributed by atoms with Crippen LogP contribution in [-0.4, -0.2) is 11.6 Å². The van der Waals surface area contributed by atoms with Gasteiger partial charge in [0.2, 0.25) is 0 Å². The maximum absolute atomic E-state index is 11.9. The monoisotopic (exact) mass is 315 g/mol. The van der Waals surface area contributed by atoms with Gasteiger partial charge in [0, 0.05) is 11.4 Å². The zero-order valence-corrected chi connectivity index (χ0v) is 13.9. The molecule has 0 unspecified atom stereocenters. The van der Waals surface area contributed by atoms with Crippen molar-refractivity contribution in [3.8, 4) is 0 Å². The van der Waals surface area contributed by atoms with Gasteiger partial charge in [-0.05, 0) is 62.5 Å². The Morgan fingerprint density at radius 2 is 1.68 bits per heavy atom. The first kappa shape index (κ1) is 16.4. The number of carbonyl (C=O) groups is 1. The molecule has 0 bridgehead atoms. The van der Waals surface area contributed by atoms with Crippen molar-refractivity contribution in [3.05, 3.63) is 65.7 Å². The number of hydrogen-bond acceptors (Lipinski definition) is 4. The molecule has 22 heavy (non-hydrogen) atoms. The molecule has 0 fully saturated rings. The minimum absolute atomic E-state index is 0.295. The van der Waals surface area contributed by atoms with Crippen LogP contribution < -0.4 is 4.72 Å². The highest BCUT2D eigenvalue weighted by molar-refractivity contribution is 7.99. The summed E-state index contributed by atoms with van der Waals surface area (Å²) in [7, 11) is 0. The van der Waals surface area contributed by atoms with Crippen LogP contribution in [0.1, 0.15) is 36.7 Å². The molecule has 3 nitrogen and oxygen atoms in total. The molecule has 0 saturated heterocycles. The molecule has 0 aliphatic carbocycles. The third-order valence-corrected chi connectivity index (χ3v) is 3.65. The summed E-state index contributed by atoms with van der Waals surface area (Å²) in [5, 5.41) is 0. The van der Waals surface area contributed by atoms with Gasteiger partial charge in [0.25, 0.3) is 0 Å². The average Bonchev–Trinajstić information content (AvgIpc) is 2.47. The topological polar surface area (TPSA) is 38.3 Å². The molecule has 0 aromatic heterocycles. The third-order valence-electron chi connectivity index (χ3n) is 2.79. The van der Waals surface area contributed by atoms with E-state index in [0.29, 0.717) is 5.56 Å². The number of benzene rings is 2. The van der Waals surface area contributed by atoms with E-state index < -0.39 is 5.60 Å². The summed E-state index contributed by atoms with van der Waals surface area (Å²) >= 11 is 1.62. The maximum atomic E-state index is 11.9. The number of anilines is 1. The fraction of sp³-hybridized carbons (Fsp3) is 0.278. The Balaban J connectivity index is 1.85. The van der Waals surface area contributed by atoms with Gasteiger partial charge in [0.1, 0.15) is 5.60 Å². The van der Waals surface area contributed by atoms with Crippen LogP contribution in [0.3, 0.4) is 0 Å². The van der Waals surface area contributed by atoms with Crippen molar-refractivity contribution in [1.82, 2.24) is 0 Å². The predicted molar refractivity (Wildman–Crippen MR) is 93.0 cm³/mol. The Labute approximate surface area is 136 Å². The van der Waals surface area contributed by atoms with Crippen LogP contribution >= 0.6 is 11.9 Å². The van der Waals surface area contributed by atoms with E-state index in [1.165, 1.54) is 5.56 Å². The normalized spacial score (nSPS) is 11.0. The number of esters is 1. The summed E-state index contributed by atoms with van der Waals surface area (Å²) in [6, 6.07) is 17.6. The summed E-state index contributed by atoms with van der Waals surface area (Å²) in [5.41, 5.74) is 2.33. The van der Waals surface area contributed by atoms with E-state index in [1.807, 2.05) is 51.1 Å². The number of nitrogens with one attached hydrogen (secondary N) is 1. The van der Waals surface area contributed by atoms with Gasteiger partial charge in [-0.3, -0.25) is 0 Å². The number of rotatable bonds is 5. The van der Waals surface area contributed by atoms with Crippen LogP contribution in [0.5, 0.6) is 0 Å². The van der Waals surface area contributed by atoms with Crippen LogP contribution in [0.25, 0.3) is 0 Å². The number of ether oxygens (including phenoxy) is 1. The lowest BCUT2D eigenvalue weighted by atomic mass is 10.1. The van der Waals surface area contributed by atoms with E-state index in [9.17, 15) is 4.79 Å². The molecule has 0 spiro atoms. The van der Waals surface area contributed by atoms with E-state index in [0.717, 1.165) is 11.4 Å². The molecule has 1 N–H and O–H groups in total. The SMILES string of the molecule is CC(C)(C)OC(=O)c1ccc(NSCc2ccccc2)cc1. The van der Waals surface area contributed by atoms with Gasteiger partial charge in [-0.2, -0.15) is 0 Å². The van der Waals surface area contributed by atoms with Crippen molar-refractivity contribution in [1.29, 1.82) is 0 Å². The Bertz CT molecular complexity index is 603. The Morgan fingerprint density at radius 1 is 1.05 bits per heavy atom. The van der Waals surface area contributed by atoms with Crippen LogP contribution in [-0.2, 0) is 10.5 Å². The zero-order valence-electron chi connectivity index (χ0n) is 13.1. The summed E-state index contributed by atoms with van der Waals surface area (Å²) in [6.45, 7) is 5.59. The lowest BCUT2D eigenvalue weighted by molar-refractivity contribution is 0.00696. The van der Waals surface area contributed by atoms with Crippen molar-refractivity contribution >= 4 is 23.6 Å². The lowest BCUT2D eigenvalue weighted by Gasteiger charge is -2.19. The Morgan fingerprint density at radius 3 is 2.27 bits per heavy atom. The smallest absolute Gasteiger partial charge is 0.338 e. The Hall–Kier alpha value is -1.94. The standard InChI is InChI=1S/C18H21NO2S/c1-18(2,3)21-17(20)15-9-11-16(12-10-15)19-22-13-14-7-5-4-6-8-14/h4-12,19H,13H2,1-3H3. The molecule has 2 rings (SSSR count). The summed E-state index contributed by atoms with van der Waals surface area (Å²) in [4.78, 5) is 11.9. The minimum atomic E-state index is -0.473. The number of carbonyl (C=O) groups excluding carboxylic acids is 1. The van der Waals surface area contributed by atoms with E-state index >= 15 is 0 Å². The summed E-state index contributed by atoms with van der Waals surface area (Å²) in [6.07, 6.45) is 0. The molecule has 0 atom stereocenters. The molecule has 0 amide bonds. The first-order chi connectivity index (χ1) is 10.4. The second-order valence-corrected chi connectivity index (χ2v) is 6.74. The first-order valence-electron chi connectivity index (χ1n) is 7.19. The highest BCUT2D eigenvalue weighted by atomic mass is 32.2. The van der Waals surface area contributed by atoms with E-state index in [2.05, 4.69) is 16.9 Å².